The van der Waals surface area contributed by atoms with Crippen molar-refractivity contribution in [2.75, 3.05) is 0 Å². The Hall–Kier alpha value is -2.88. The molecule has 0 aliphatic rings. The zero-order valence-electron chi connectivity index (χ0n) is 14.7. The van der Waals surface area contributed by atoms with Crippen LogP contribution in [0.1, 0.15) is 35.5 Å². The van der Waals surface area contributed by atoms with Crippen LogP contribution in [0.5, 0.6) is 0 Å². The van der Waals surface area contributed by atoms with Gasteiger partial charge in [-0.2, -0.15) is 5.10 Å². The van der Waals surface area contributed by atoms with Gasteiger partial charge in [0.15, 0.2) is 5.69 Å². The average Bonchev–Trinajstić information content (AvgIpc) is 3.00. The first-order valence-electron chi connectivity index (χ1n) is 8.44. The van der Waals surface area contributed by atoms with E-state index in [2.05, 4.69) is 31.1 Å². The number of aryl methyl sites for hydroxylation is 1. The number of aromatic nitrogens is 2. The third-order valence-corrected chi connectivity index (χ3v) is 4.07. The second-order valence-corrected chi connectivity index (χ2v) is 6.77. The first-order chi connectivity index (χ1) is 11.9. The summed E-state index contributed by atoms with van der Waals surface area (Å²) in [5, 5.41) is 14.1. The van der Waals surface area contributed by atoms with Gasteiger partial charge in [0.2, 0.25) is 0 Å². The van der Waals surface area contributed by atoms with Gasteiger partial charge in [-0.25, -0.2) is 9.48 Å². The number of carboxylic acids is 1. The van der Waals surface area contributed by atoms with Crippen LogP contribution in [0.15, 0.2) is 54.6 Å². The third kappa shape index (κ3) is 3.79. The van der Waals surface area contributed by atoms with Crippen LogP contribution < -0.4 is 0 Å². The standard InChI is InChI=1S/C21H22N2O2/c1-14(2)11-16-7-9-17(10-8-16)19-13-20(21(24)25)23(22-19)18-6-4-5-15(3)12-18/h4-10,12-14H,11H2,1-3H3,(H,24,25). The molecular formula is C21H22N2O2. The minimum Gasteiger partial charge on any atom is -0.477 e. The number of hydrogen-bond acceptors (Lipinski definition) is 2. The molecule has 0 bridgehead atoms. The Labute approximate surface area is 147 Å². The minimum absolute atomic E-state index is 0.159. The summed E-state index contributed by atoms with van der Waals surface area (Å²) in [7, 11) is 0. The Morgan fingerprint density at radius 3 is 2.44 bits per heavy atom. The second-order valence-electron chi connectivity index (χ2n) is 6.77. The van der Waals surface area contributed by atoms with Crippen LogP contribution in [0.3, 0.4) is 0 Å². The predicted molar refractivity (Wildman–Crippen MR) is 99.2 cm³/mol. The summed E-state index contributed by atoms with van der Waals surface area (Å²) in [6.45, 7) is 6.36. The molecule has 2 aromatic carbocycles. The first-order valence-corrected chi connectivity index (χ1v) is 8.44. The van der Waals surface area contributed by atoms with Gasteiger partial charge in [0.1, 0.15) is 0 Å². The zero-order valence-corrected chi connectivity index (χ0v) is 14.7. The lowest BCUT2D eigenvalue weighted by Gasteiger charge is -2.06. The van der Waals surface area contributed by atoms with Crippen LogP contribution >= 0.6 is 0 Å². The van der Waals surface area contributed by atoms with E-state index in [1.165, 1.54) is 10.2 Å². The largest absolute Gasteiger partial charge is 0.477 e. The number of carbonyl (C=O) groups is 1. The molecule has 0 saturated heterocycles. The van der Waals surface area contributed by atoms with E-state index in [-0.39, 0.29) is 5.69 Å². The summed E-state index contributed by atoms with van der Waals surface area (Å²) in [4.78, 5) is 11.6. The molecule has 0 aliphatic carbocycles. The van der Waals surface area contributed by atoms with E-state index in [9.17, 15) is 9.90 Å². The molecule has 3 aromatic rings. The number of nitrogens with zero attached hydrogens (tertiary/aromatic N) is 2. The number of rotatable bonds is 5. The Kier molecular flexibility index (Phi) is 4.70. The van der Waals surface area contributed by atoms with E-state index in [1.807, 2.05) is 43.3 Å². The highest BCUT2D eigenvalue weighted by molar-refractivity contribution is 5.88. The molecule has 1 aromatic heterocycles. The fraction of sp³-hybridized carbons (Fsp3) is 0.238. The maximum absolute atomic E-state index is 11.6. The van der Waals surface area contributed by atoms with Crippen molar-refractivity contribution in [3.8, 4) is 16.9 Å². The molecule has 0 saturated carbocycles. The molecule has 3 rings (SSSR count). The number of carboxylic acid groups (broad SMARTS) is 1. The van der Waals surface area contributed by atoms with Crippen molar-refractivity contribution in [3.05, 3.63) is 71.4 Å². The predicted octanol–water partition coefficient (Wildman–Crippen LogP) is 4.74. The van der Waals surface area contributed by atoms with Gasteiger partial charge < -0.3 is 5.11 Å². The van der Waals surface area contributed by atoms with Gasteiger partial charge in [0.25, 0.3) is 0 Å². The van der Waals surface area contributed by atoms with Crippen LogP contribution in [-0.4, -0.2) is 20.9 Å². The average molecular weight is 334 g/mol. The Morgan fingerprint density at radius 1 is 1.12 bits per heavy atom. The molecule has 1 heterocycles. The number of aromatic carboxylic acids is 1. The highest BCUT2D eigenvalue weighted by atomic mass is 16.4. The molecule has 25 heavy (non-hydrogen) atoms. The Morgan fingerprint density at radius 2 is 1.84 bits per heavy atom. The smallest absolute Gasteiger partial charge is 0.354 e. The summed E-state index contributed by atoms with van der Waals surface area (Å²) >= 11 is 0. The van der Waals surface area contributed by atoms with Crippen LogP contribution in [0.4, 0.5) is 0 Å². The summed E-state index contributed by atoms with van der Waals surface area (Å²) < 4.78 is 1.49. The molecule has 0 atom stereocenters. The molecular weight excluding hydrogens is 312 g/mol. The SMILES string of the molecule is Cc1cccc(-n2nc(-c3ccc(CC(C)C)cc3)cc2C(=O)O)c1. The monoisotopic (exact) mass is 334 g/mol. The Bertz CT molecular complexity index is 893. The van der Waals surface area contributed by atoms with Crippen molar-refractivity contribution in [1.29, 1.82) is 0 Å². The van der Waals surface area contributed by atoms with Crippen molar-refractivity contribution < 1.29 is 9.90 Å². The topological polar surface area (TPSA) is 55.1 Å². The van der Waals surface area contributed by atoms with Crippen molar-refractivity contribution in [3.63, 3.8) is 0 Å². The number of hydrogen-bond donors (Lipinski definition) is 1. The maximum atomic E-state index is 11.6. The van der Waals surface area contributed by atoms with E-state index < -0.39 is 5.97 Å². The van der Waals surface area contributed by atoms with Crippen molar-refractivity contribution in [2.45, 2.75) is 27.2 Å². The van der Waals surface area contributed by atoms with E-state index >= 15 is 0 Å². The van der Waals surface area contributed by atoms with Crippen molar-refractivity contribution in [1.82, 2.24) is 9.78 Å². The van der Waals surface area contributed by atoms with Gasteiger partial charge in [0, 0.05) is 5.56 Å². The normalized spacial score (nSPS) is 11.0. The summed E-state index contributed by atoms with van der Waals surface area (Å²) in [5.74, 6) is -0.387. The van der Waals surface area contributed by atoms with Crippen LogP contribution in [0.25, 0.3) is 16.9 Å². The Balaban J connectivity index is 2.01. The molecule has 0 radical (unpaired) electrons. The van der Waals surface area contributed by atoms with E-state index in [0.29, 0.717) is 11.6 Å². The van der Waals surface area contributed by atoms with Crippen LogP contribution in [0, 0.1) is 12.8 Å². The van der Waals surface area contributed by atoms with Gasteiger partial charge >= 0.3 is 5.97 Å². The highest BCUT2D eigenvalue weighted by Crippen LogP contribution is 2.23. The lowest BCUT2D eigenvalue weighted by molar-refractivity contribution is 0.0687. The van der Waals surface area contributed by atoms with Crippen molar-refractivity contribution >= 4 is 5.97 Å². The maximum Gasteiger partial charge on any atom is 0.354 e. The molecule has 4 heteroatoms. The van der Waals surface area contributed by atoms with Gasteiger partial charge in [-0.1, -0.05) is 50.2 Å². The second kappa shape index (κ2) is 6.93. The zero-order chi connectivity index (χ0) is 18.0. The summed E-state index contributed by atoms with van der Waals surface area (Å²) in [5.41, 5.74) is 4.82. The fourth-order valence-electron chi connectivity index (χ4n) is 2.91. The quantitative estimate of drug-likeness (QED) is 0.733. The van der Waals surface area contributed by atoms with Gasteiger partial charge in [0.05, 0.1) is 11.4 Å². The van der Waals surface area contributed by atoms with E-state index in [4.69, 9.17) is 0 Å². The van der Waals surface area contributed by atoms with E-state index in [0.717, 1.165) is 23.2 Å². The summed E-state index contributed by atoms with van der Waals surface area (Å²) in [6, 6.07) is 17.5. The highest BCUT2D eigenvalue weighted by Gasteiger charge is 2.16. The molecule has 1 N–H and O–H groups in total. The van der Waals surface area contributed by atoms with Crippen LogP contribution in [0.2, 0.25) is 0 Å². The molecule has 0 fully saturated rings. The summed E-state index contributed by atoms with van der Waals surface area (Å²) in [6.07, 6.45) is 1.03. The third-order valence-electron chi connectivity index (χ3n) is 4.07. The molecule has 0 aliphatic heterocycles. The van der Waals surface area contributed by atoms with E-state index in [1.54, 1.807) is 6.07 Å². The molecule has 0 unspecified atom stereocenters. The minimum atomic E-state index is -0.989. The molecule has 4 nitrogen and oxygen atoms in total. The first kappa shape index (κ1) is 17.0. The lowest BCUT2D eigenvalue weighted by Crippen LogP contribution is -2.07. The van der Waals surface area contributed by atoms with Gasteiger partial charge in [-0.3, -0.25) is 0 Å². The van der Waals surface area contributed by atoms with Gasteiger partial charge in [-0.05, 0) is 48.6 Å². The molecule has 0 amide bonds. The molecule has 0 spiro atoms. The van der Waals surface area contributed by atoms with Crippen LogP contribution in [-0.2, 0) is 6.42 Å². The van der Waals surface area contributed by atoms with Gasteiger partial charge in [-0.15, -0.1) is 0 Å². The fourth-order valence-corrected chi connectivity index (χ4v) is 2.91. The lowest BCUT2D eigenvalue weighted by atomic mass is 10.0. The van der Waals surface area contributed by atoms with Crippen molar-refractivity contribution in [2.24, 2.45) is 5.92 Å². The molecule has 128 valence electrons. The number of benzene rings is 2.